The molecule has 4 aromatic rings. The van der Waals surface area contributed by atoms with Crippen molar-refractivity contribution in [3.8, 4) is 11.5 Å². The van der Waals surface area contributed by atoms with Crippen molar-refractivity contribution in [2.75, 3.05) is 31.6 Å². The number of fused-ring (bicyclic) bond motifs is 3. The molecule has 4 aliphatic rings. The molecule has 14 heteroatoms. The molecular weight excluding hydrogens is 743 g/mol. The zero-order valence-corrected chi connectivity index (χ0v) is 30.8. The number of H-pyrrole nitrogens is 1. The van der Waals surface area contributed by atoms with Gasteiger partial charge in [0.25, 0.3) is 0 Å². The summed E-state index contributed by atoms with van der Waals surface area (Å²) in [4.78, 5) is 32.9. The van der Waals surface area contributed by atoms with Crippen molar-refractivity contribution < 1.29 is 47.8 Å². The smallest absolute Gasteiger partial charge is 0.387 e. The summed E-state index contributed by atoms with van der Waals surface area (Å²) in [6.07, 6.45) is 6.06. The number of nitrogens with zero attached hydrogens (tertiary/aromatic N) is 1. The minimum atomic E-state index is -3.06. The number of alkyl halides is 2. The Morgan fingerprint density at radius 2 is 1.63 bits per heavy atom. The lowest BCUT2D eigenvalue weighted by Crippen LogP contribution is -2.52. The Hall–Kier alpha value is -4.49. The molecule has 3 atom stereocenters. The Labute approximate surface area is 322 Å². The molecule has 4 heterocycles. The molecule has 1 saturated carbocycles. The Kier molecular flexibility index (Phi) is 12.9. The van der Waals surface area contributed by atoms with Gasteiger partial charge in [-0.25, -0.2) is 14.6 Å². The maximum absolute atomic E-state index is 13.9. The van der Waals surface area contributed by atoms with E-state index >= 15 is 0 Å². The van der Waals surface area contributed by atoms with Crippen LogP contribution in [-0.2, 0) is 20.7 Å². The third-order valence-electron chi connectivity index (χ3n) is 10.0. The highest BCUT2D eigenvalue weighted by atomic mass is 35.5. The number of halogens is 4. The Bertz CT molecular complexity index is 1890. The number of ether oxygens (including phenoxy) is 4. The molecule has 0 unspecified atom stereocenters. The average Bonchev–Trinajstić information content (AvgIpc) is 4.00. The maximum Gasteiger partial charge on any atom is 0.387 e. The minimum absolute atomic E-state index is 0. The standard InChI is InChI=1S/C40H39Cl2F2N3O6.H2O/c41-31-20-45-21-32(42)30(31)19-34(27-11-12-33(53-40(43)44)35(18-27)50-23-24-9-10-24)51-38(48)28-7-4-8-29(17-28)46-37(26-5-2-1-3-6-26)39(49)52-36-22-47-15-13-25(36)14-16-47;/h1-8,11-12,17-18,20-21,24-25,34,36-37,40,46H,9-10,13-16,19,22-23H2;1H2/t34-,36-,37-;/m0./s1. The number of esters is 2. The molecule has 286 valence electrons. The zero-order chi connectivity index (χ0) is 36.9. The lowest BCUT2D eigenvalue weighted by Gasteiger charge is -2.44. The van der Waals surface area contributed by atoms with E-state index in [0.717, 1.165) is 50.9 Å². The molecule has 4 fully saturated rings. The second-order valence-corrected chi connectivity index (χ2v) is 14.6. The molecule has 3 aromatic carbocycles. The summed E-state index contributed by atoms with van der Waals surface area (Å²) in [6, 6.07) is 19.6. The molecule has 0 spiro atoms. The van der Waals surface area contributed by atoms with Gasteiger partial charge in [-0.05, 0) is 92.1 Å². The van der Waals surface area contributed by atoms with Crippen LogP contribution in [0.1, 0.15) is 64.9 Å². The van der Waals surface area contributed by atoms with Crippen LogP contribution in [0.5, 0.6) is 11.5 Å². The van der Waals surface area contributed by atoms with Gasteiger partial charge in [0.1, 0.15) is 22.3 Å². The number of nitrogens with one attached hydrogen (secondary N) is 2. The maximum atomic E-state index is 13.9. The Balaban J connectivity index is 0.00000497. The summed E-state index contributed by atoms with van der Waals surface area (Å²) in [6.45, 7) is 0.0760. The third kappa shape index (κ3) is 9.78. The van der Waals surface area contributed by atoms with Gasteiger partial charge in [0.2, 0.25) is 0 Å². The van der Waals surface area contributed by atoms with Gasteiger partial charge in [-0.1, -0.05) is 65.7 Å². The fourth-order valence-corrected chi connectivity index (χ4v) is 7.43. The number of rotatable bonds is 15. The van der Waals surface area contributed by atoms with Crippen molar-refractivity contribution in [2.24, 2.45) is 11.8 Å². The van der Waals surface area contributed by atoms with Gasteiger partial charge in [-0.3, -0.25) is 4.90 Å². The molecule has 1 aromatic heterocycles. The predicted octanol–water partition coefficient (Wildman–Crippen LogP) is 7.95. The molecule has 54 heavy (non-hydrogen) atoms. The number of aromatic amines is 1. The normalized spacial score (nSPS) is 20.0. The summed E-state index contributed by atoms with van der Waals surface area (Å²) < 4.78 is 49.5. The highest BCUT2D eigenvalue weighted by Crippen LogP contribution is 2.38. The number of carbonyl (C=O) groups is 2. The van der Waals surface area contributed by atoms with Crippen LogP contribution in [0.4, 0.5) is 14.5 Å². The van der Waals surface area contributed by atoms with Crippen LogP contribution < -0.4 is 19.8 Å². The highest BCUT2D eigenvalue weighted by molar-refractivity contribution is 6.35. The van der Waals surface area contributed by atoms with E-state index < -0.39 is 30.7 Å². The van der Waals surface area contributed by atoms with Crippen LogP contribution in [0.3, 0.4) is 0 Å². The largest absolute Gasteiger partial charge is 0.870 e. The molecule has 3 N–H and O–H groups in total. The van der Waals surface area contributed by atoms with Crippen LogP contribution in [0.15, 0.2) is 85.2 Å². The third-order valence-corrected chi connectivity index (χ3v) is 10.7. The molecule has 1 aliphatic carbocycles. The van der Waals surface area contributed by atoms with E-state index in [4.69, 9.17) is 42.1 Å². The second-order valence-electron chi connectivity index (χ2n) is 13.7. The van der Waals surface area contributed by atoms with E-state index in [0.29, 0.717) is 45.3 Å². The highest BCUT2D eigenvalue weighted by Gasteiger charge is 2.38. The topological polar surface area (TPSA) is 130 Å². The number of hydrogen-bond acceptors (Lipinski definition) is 9. The molecule has 3 saturated heterocycles. The first-order chi connectivity index (χ1) is 25.7. The SMILES string of the molecule is O=C(O[C@@H](Cc1c(Cl)c[nH+]cc1Cl)c1ccc(OC(F)F)c(OCC2CC2)c1)c1cccc(N[C@H](C(=O)O[C@H]2CN3CCC2CC3)c2ccccc2)c1.[OH-]. The first-order valence-corrected chi connectivity index (χ1v) is 18.6. The summed E-state index contributed by atoms with van der Waals surface area (Å²) in [7, 11) is 0. The molecule has 8 rings (SSSR count). The second kappa shape index (κ2) is 17.8. The first kappa shape index (κ1) is 39.2. The molecule has 2 bridgehead atoms. The van der Waals surface area contributed by atoms with Crippen LogP contribution in [-0.4, -0.2) is 61.3 Å². The summed E-state index contributed by atoms with van der Waals surface area (Å²) >= 11 is 13.0. The van der Waals surface area contributed by atoms with Crippen molar-refractivity contribution in [1.82, 2.24) is 4.90 Å². The Morgan fingerprint density at radius 3 is 2.30 bits per heavy atom. The van der Waals surface area contributed by atoms with Gasteiger partial charge >= 0.3 is 18.6 Å². The van der Waals surface area contributed by atoms with Crippen LogP contribution >= 0.6 is 23.2 Å². The van der Waals surface area contributed by atoms with E-state index in [9.17, 15) is 18.4 Å². The monoisotopic (exact) mass is 783 g/mol. The fraction of sp³-hybridized carbons (Fsp3) is 0.375. The molecule has 3 aliphatic heterocycles. The molecular formula is C40H41Cl2F2N3O7. The summed E-state index contributed by atoms with van der Waals surface area (Å²) in [5.41, 5.74) is 2.41. The van der Waals surface area contributed by atoms with Crippen LogP contribution in [0.2, 0.25) is 10.0 Å². The lowest BCUT2D eigenvalue weighted by atomic mass is 9.86. The Morgan fingerprint density at radius 1 is 0.889 bits per heavy atom. The van der Waals surface area contributed by atoms with Crippen molar-refractivity contribution >= 4 is 40.8 Å². The van der Waals surface area contributed by atoms with Crippen LogP contribution in [0, 0.1) is 11.8 Å². The van der Waals surface area contributed by atoms with E-state index in [1.54, 1.807) is 42.7 Å². The van der Waals surface area contributed by atoms with Crippen molar-refractivity contribution in [2.45, 2.75) is 57.0 Å². The predicted molar refractivity (Wildman–Crippen MR) is 196 cm³/mol. The van der Waals surface area contributed by atoms with E-state index in [1.807, 2.05) is 30.3 Å². The van der Waals surface area contributed by atoms with Gasteiger partial charge in [-0.15, -0.1) is 0 Å². The van der Waals surface area contributed by atoms with Crippen molar-refractivity contribution in [3.63, 3.8) is 0 Å². The van der Waals surface area contributed by atoms with Gasteiger partial charge in [0.05, 0.1) is 12.2 Å². The van der Waals surface area contributed by atoms with Gasteiger partial charge < -0.3 is 29.7 Å². The number of hydrogen-bond donors (Lipinski definition) is 1. The summed E-state index contributed by atoms with van der Waals surface area (Å²) in [5, 5.41) is 3.94. The quantitative estimate of drug-likeness (QED) is 0.119. The molecule has 0 radical (unpaired) electrons. The molecule has 10 nitrogen and oxygen atoms in total. The molecule has 0 amide bonds. The number of anilines is 1. The fourth-order valence-electron chi connectivity index (χ4n) is 6.89. The minimum Gasteiger partial charge on any atom is -0.870 e. The lowest BCUT2D eigenvalue weighted by molar-refractivity contribution is -0.377. The zero-order valence-electron chi connectivity index (χ0n) is 29.3. The summed E-state index contributed by atoms with van der Waals surface area (Å²) in [5.74, 6) is -0.395. The van der Waals surface area contributed by atoms with E-state index in [-0.39, 0.29) is 35.1 Å². The first-order valence-electron chi connectivity index (χ1n) is 17.8. The van der Waals surface area contributed by atoms with Gasteiger partial charge in [0, 0.05) is 24.2 Å². The number of benzene rings is 3. The number of aromatic nitrogens is 1. The average molecular weight is 785 g/mol. The van der Waals surface area contributed by atoms with Gasteiger partial charge in [0.15, 0.2) is 29.9 Å². The van der Waals surface area contributed by atoms with Gasteiger partial charge in [-0.2, -0.15) is 8.78 Å². The van der Waals surface area contributed by atoms with Crippen molar-refractivity contribution in [1.29, 1.82) is 0 Å². The number of piperidine rings is 3. The van der Waals surface area contributed by atoms with E-state index in [2.05, 4.69) is 15.2 Å². The van der Waals surface area contributed by atoms with E-state index in [1.165, 1.54) is 12.1 Å². The van der Waals surface area contributed by atoms with Crippen LogP contribution in [0.25, 0.3) is 0 Å². The number of carbonyl (C=O) groups excluding carboxylic acids is 2. The van der Waals surface area contributed by atoms with Crippen molar-refractivity contribution in [3.05, 3.63) is 117 Å². The number of pyridine rings is 1.